The van der Waals surface area contributed by atoms with Crippen LogP contribution in [0.3, 0.4) is 0 Å². The number of benzene rings is 2. The molecule has 34 heavy (non-hydrogen) atoms. The number of para-hydroxylation sites is 1. The zero-order valence-electron chi connectivity index (χ0n) is 19.1. The Balaban J connectivity index is 1.93. The second kappa shape index (κ2) is 11.1. The molecular formula is C24H29N3O7. The highest BCUT2D eigenvalue weighted by Gasteiger charge is 2.53. The Hall–Kier alpha value is -3.47. The van der Waals surface area contributed by atoms with Crippen LogP contribution in [0.4, 0.5) is 16.2 Å². The van der Waals surface area contributed by atoms with E-state index < -0.39 is 36.2 Å². The smallest absolute Gasteiger partial charge is 0.320 e. The summed E-state index contributed by atoms with van der Waals surface area (Å²) in [7, 11) is 0. The number of nitrogens with zero attached hydrogens (tertiary/aromatic N) is 1. The van der Waals surface area contributed by atoms with Gasteiger partial charge < -0.3 is 35.2 Å². The number of aliphatic hydroxyl groups is 1. The fraction of sp³-hybridized carbons (Fsp3) is 0.375. The fourth-order valence-electron chi connectivity index (χ4n) is 3.99. The number of hydrogen-bond donors (Lipinski definition) is 4. The first-order chi connectivity index (χ1) is 16.3. The summed E-state index contributed by atoms with van der Waals surface area (Å²) in [4.78, 5) is 39.9. The highest BCUT2D eigenvalue weighted by atomic mass is 16.7. The first kappa shape index (κ1) is 25.2. The molecule has 0 bridgehead atoms. The minimum absolute atomic E-state index is 0.0326. The summed E-state index contributed by atoms with van der Waals surface area (Å²) in [6, 6.07) is 12.5. The van der Waals surface area contributed by atoms with E-state index >= 15 is 0 Å². The van der Waals surface area contributed by atoms with Crippen LogP contribution in [0.1, 0.15) is 31.4 Å². The predicted octanol–water partition coefficient (Wildman–Crippen LogP) is 2.42. The molecule has 1 aliphatic heterocycles. The van der Waals surface area contributed by atoms with Gasteiger partial charge in [0.25, 0.3) is 5.91 Å². The largest absolute Gasteiger partial charge is 0.481 e. The quantitative estimate of drug-likeness (QED) is 0.369. The van der Waals surface area contributed by atoms with Crippen molar-refractivity contribution in [3.05, 3.63) is 59.7 Å². The van der Waals surface area contributed by atoms with Crippen molar-refractivity contribution in [3.8, 4) is 0 Å². The lowest BCUT2D eigenvalue weighted by molar-refractivity contribution is -0.143. The maximum Gasteiger partial charge on any atom is 0.320 e. The number of carbonyl (C=O) groups is 3. The maximum atomic E-state index is 13.7. The Morgan fingerprint density at radius 1 is 1.06 bits per heavy atom. The number of carboxylic acids is 1. The van der Waals surface area contributed by atoms with Crippen LogP contribution < -0.4 is 15.5 Å². The van der Waals surface area contributed by atoms with Gasteiger partial charge >= 0.3 is 12.0 Å². The number of aliphatic carboxylic acids is 1. The molecule has 1 atom stereocenters. The van der Waals surface area contributed by atoms with Gasteiger partial charge in [-0.05, 0) is 37.6 Å². The number of hydrogen-bond acceptors (Lipinski definition) is 6. The van der Waals surface area contributed by atoms with Gasteiger partial charge in [0.05, 0.1) is 25.3 Å². The number of amides is 3. The Morgan fingerprint density at radius 3 is 2.29 bits per heavy atom. The Morgan fingerprint density at radius 2 is 1.71 bits per heavy atom. The number of urea groups is 1. The van der Waals surface area contributed by atoms with Crippen LogP contribution in [-0.2, 0) is 31.2 Å². The Bertz CT molecular complexity index is 1020. The number of fused-ring (bicyclic) bond motifs is 1. The molecule has 1 unspecified atom stereocenters. The highest BCUT2D eigenvalue weighted by Crippen LogP contribution is 2.42. The number of ether oxygens (including phenoxy) is 2. The Kier molecular flexibility index (Phi) is 8.21. The van der Waals surface area contributed by atoms with Gasteiger partial charge in [-0.25, -0.2) is 4.79 Å². The van der Waals surface area contributed by atoms with Crippen molar-refractivity contribution >= 4 is 29.3 Å². The monoisotopic (exact) mass is 471 g/mol. The molecule has 4 N–H and O–H groups in total. The Labute approximate surface area is 197 Å². The van der Waals surface area contributed by atoms with Crippen molar-refractivity contribution < 1.29 is 34.1 Å². The SMILES string of the molecule is CCOC(CN1C(=O)C(CC(=O)O)(NC(=O)Nc2ccc(CO)cc2)c2ccccc21)OCC. The fourth-order valence-corrected chi connectivity index (χ4v) is 3.99. The molecule has 2 aromatic rings. The lowest BCUT2D eigenvalue weighted by atomic mass is 9.88. The summed E-state index contributed by atoms with van der Waals surface area (Å²) >= 11 is 0. The molecule has 0 saturated carbocycles. The van der Waals surface area contributed by atoms with Crippen LogP contribution in [0, 0.1) is 0 Å². The van der Waals surface area contributed by atoms with Crippen LogP contribution in [0.15, 0.2) is 48.5 Å². The van der Waals surface area contributed by atoms with E-state index in [0.29, 0.717) is 35.7 Å². The van der Waals surface area contributed by atoms with Gasteiger partial charge in [-0.2, -0.15) is 0 Å². The number of carboxylic acid groups (broad SMARTS) is 1. The third kappa shape index (κ3) is 5.36. The lowest BCUT2D eigenvalue weighted by Crippen LogP contribution is -2.56. The number of anilines is 2. The molecule has 0 aromatic heterocycles. The zero-order chi connectivity index (χ0) is 24.7. The molecular weight excluding hydrogens is 442 g/mol. The molecule has 10 heteroatoms. The van der Waals surface area contributed by atoms with Gasteiger partial charge in [-0.15, -0.1) is 0 Å². The number of nitrogens with one attached hydrogen (secondary N) is 2. The van der Waals surface area contributed by atoms with Crippen molar-refractivity contribution in [3.63, 3.8) is 0 Å². The summed E-state index contributed by atoms with van der Waals surface area (Å²) in [5, 5.41) is 24.1. The van der Waals surface area contributed by atoms with Crippen molar-refractivity contribution in [1.82, 2.24) is 5.32 Å². The zero-order valence-corrected chi connectivity index (χ0v) is 19.1. The minimum atomic E-state index is -1.82. The van der Waals surface area contributed by atoms with E-state index in [1.807, 2.05) is 0 Å². The molecule has 0 fully saturated rings. The van der Waals surface area contributed by atoms with Crippen molar-refractivity contribution in [1.29, 1.82) is 0 Å². The van der Waals surface area contributed by atoms with Crippen LogP contribution in [0.2, 0.25) is 0 Å². The van der Waals surface area contributed by atoms with E-state index in [1.165, 1.54) is 4.90 Å². The van der Waals surface area contributed by atoms with E-state index in [2.05, 4.69) is 10.6 Å². The first-order valence-corrected chi connectivity index (χ1v) is 11.0. The molecule has 182 valence electrons. The maximum absolute atomic E-state index is 13.7. The van der Waals surface area contributed by atoms with Crippen LogP contribution in [0.5, 0.6) is 0 Å². The molecule has 1 aliphatic rings. The van der Waals surface area contributed by atoms with Gasteiger partial charge in [0.1, 0.15) is 0 Å². The molecule has 1 heterocycles. The summed E-state index contributed by atoms with van der Waals surface area (Å²) in [5.41, 5.74) is 0.122. The number of aliphatic hydroxyl groups excluding tert-OH is 1. The van der Waals surface area contributed by atoms with E-state index in [0.717, 1.165) is 0 Å². The molecule has 0 radical (unpaired) electrons. The normalized spacial score (nSPS) is 17.1. The van der Waals surface area contributed by atoms with Gasteiger partial charge in [0.15, 0.2) is 11.8 Å². The summed E-state index contributed by atoms with van der Waals surface area (Å²) in [6.07, 6.45) is -1.36. The molecule has 10 nitrogen and oxygen atoms in total. The second-order valence-corrected chi connectivity index (χ2v) is 7.68. The topological polar surface area (TPSA) is 137 Å². The molecule has 3 rings (SSSR count). The molecule has 0 saturated heterocycles. The van der Waals surface area contributed by atoms with Crippen molar-refractivity contribution in [2.24, 2.45) is 0 Å². The summed E-state index contributed by atoms with van der Waals surface area (Å²) < 4.78 is 11.2. The first-order valence-electron chi connectivity index (χ1n) is 11.0. The molecule has 0 aliphatic carbocycles. The van der Waals surface area contributed by atoms with Gasteiger partial charge in [-0.3, -0.25) is 9.59 Å². The average Bonchev–Trinajstić information content (AvgIpc) is 3.02. The van der Waals surface area contributed by atoms with E-state index in [1.54, 1.807) is 62.4 Å². The second-order valence-electron chi connectivity index (χ2n) is 7.68. The van der Waals surface area contributed by atoms with E-state index in [4.69, 9.17) is 9.47 Å². The van der Waals surface area contributed by atoms with Gasteiger partial charge in [0, 0.05) is 24.5 Å². The van der Waals surface area contributed by atoms with E-state index in [-0.39, 0.29) is 13.2 Å². The lowest BCUT2D eigenvalue weighted by Gasteiger charge is -2.29. The highest BCUT2D eigenvalue weighted by molar-refractivity contribution is 6.11. The molecule has 2 aromatic carbocycles. The minimum Gasteiger partial charge on any atom is -0.481 e. The van der Waals surface area contributed by atoms with Crippen LogP contribution in [0.25, 0.3) is 0 Å². The number of rotatable bonds is 11. The number of carbonyl (C=O) groups excluding carboxylic acids is 2. The van der Waals surface area contributed by atoms with Crippen LogP contribution in [-0.4, -0.2) is 54.2 Å². The third-order valence-corrected chi connectivity index (χ3v) is 5.44. The summed E-state index contributed by atoms with van der Waals surface area (Å²) in [6.45, 7) is 4.23. The van der Waals surface area contributed by atoms with Crippen molar-refractivity contribution in [2.45, 2.75) is 38.7 Å². The van der Waals surface area contributed by atoms with Gasteiger partial charge in [-0.1, -0.05) is 30.3 Å². The molecule has 0 spiro atoms. The summed E-state index contributed by atoms with van der Waals surface area (Å²) in [5.74, 6) is -1.84. The molecule has 3 amide bonds. The van der Waals surface area contributed by atoms with Crippen molar-refractivity contribution in [2.75, 3.05) is 30.0 Å². The standard InChI is InChI=1S/C24H29N3O7/c1-3-33-21(34-4-2)14-27-19-8-6-5-7-18(19)24(22(27)31,13-20(29)30)26-23(32)25-17-11-9-16(15-28)10-12-17/h5-12,21,28H,3-4,13-15H2,1-2H3,(H,29,30)(H2,25,26,32). The average molecular weight is 472 g/mol. The van der Waals surface area contributed by atoms with Crippen LogP contribution >= 0.6 is 0 Å². The van der Waals surface area contributed by atoms with Gasteiger partial charge in [0.2, 0.25) is 0 Å². The van der Waals surface area contributed by atoms with E-state index in [9.17, 15) is 24.6 Å². The predicted molar refractivity (Wildman–Crippen MR) is 124 cm³/mol. The third-order valence-electron chi connectivity index (χ3n) is 5.44.